The van der Waals surface area contributed by atoms with Crippen LogP contribution >= 0.6 is 0 Å². The van der Waals surface area contributed by atoms with E-state index in [2.05, 4.69) is 19.1 Å². The molecule has 0 aliphatic rings. The first-order chi connectivity index (χ1) is 19.2. The smallest absolute Gasteiger partial charge is 0.362 e. The normalized spacial score (nSPS) is 15.5. The summed E-state index contributed by atoms with van der Waals surface area (Å²) in [4.78, 5) is 37.7. The van der Waals surface area contributed by atoms with E-state index in [-0.39, 0.29) is 25.8 Å². The van der Waals surface area contributed by atoms with Crippen molar-refractivity contribution in [2.45, 2.75) is 174 Å². The van der Waals surface area contributed by atoms with Crippen molar-refractivity contribution in [1.29, 1.82) is 0 Å². The second kappa shape index (κ2) is 23.8. The third-order valence-corrected chi connectivity index (χ3v) is 8.34. The molecule has 0 aromatic carbocycles. The lowest BCUT2D eigenvalue weighted by Crippen LogP contribution is -2.72. The minimum absolute atomic E-state index is 0.247. The van der Waals surface area contributed by atoms with Gasteiger partial charge in [0.25, 0.3) is 0 Å². The minimum atomic E-state index is -1.09. The van der Waals surface area contributed by atoms with E-state index in [0.29, 0.717) is 25.7 Å². The van der Waals surface area contributed by atoms with Crippen molar-refractivity contribution in [1.82, 2.24) is 0 Å². The fourth-order valence-electron chi connectivity index (χ4n) is 6.28. The maximum Gasteiger partial charge on any atom is 0.362 e. The number of aliphatic carboxylic acids is 3. The molecule has 0 spiro atoms. The van der Waals surface area contributed by atoms with E-state index in [4.69, 9.17) is 0 Å². The monoisotopic (exact) mass is 568 g/mol. The highest BCUT2D eigenvalue weighted by atomic mass is 16.4. The molecule has 0 aromatic heterocycles. The summed E-state index contributed by atoms with van der Waals surface area (Å²) in [6.45, 7) is 8.11. The van der Waals surface area contributed by atoms with Gasteiger partial charge in [0, 0.05) is 19.3 Å². The first kappa shape index (κ1) is 38.1. The summed E-state index contributed by atoms with van der Waals surface area (Å²) in [5, 5.41) is 30.8. The van der Waals surface area contributed by atoms with Crippen molar-refractivity contribution in [2.75, 3.05) is 6.54 Å². The maximum atomic E-state index is 12.6. The second-order valence-corrected chi connectivity index (χ2v) is 11.6. The number of quaternary nitrogens is 1. The molecule has 7 nitrogen and oxygen atoms in total. The zero-order chi connectivity index (χ0) is 30.2. The molecule has 7 heteroatoms. The van der Waals surface area contributed by atoms with Gasteiger partial charge in [-0.25, -0.2) is 14.4 Å². The number of hydrogen-bond donors (Lipinski definition) is 3. The molecule has 0 heterocycles. The summed E-state index contributed by atoms with van der Waals surface area (Å²) < 4.78 is -0.391. The highest BCUT2D eigenvalue weighted by molar-refractivity contribution is 5.78. The molecule has 234 valence electrons. The lowest BCUT2D eigenvalue weighted by molar-refractivity contribution is -0.973. The number of carboxylic acids is 3. The van der Waals surface area contributed by atoms with E-state index < -0.39 is 40.5 Å². The third kappa shape index (κ3) is 14.1. The van der Waals surface area contributed by atoms with E-state index in [1.807, 2.05) is 20.8 Å². The first-order valence-corrected chi connectivity index (χ1v) is 16.4. The lowest BCUT2D eigenvalue weighted by Gasteiger charge is -2.50. The molecule has 3 N–H and O–H groups in total. The average Bonchev–Trinajstić information content (AvgIpc) is 2.91. The lowest BCUT2D eigenvalue weighted by atomic mass is 9.91. The molecular formula is C33H62NO6+. The van der Waals surface area contributed by atoms with Gasteiger partial charge in [-0.1, -0.05) is 97.6 Å². The van der Waals surface area contributed by atoms with Crippen LogP contribution in [0.15, 0.2) is 12.2 Å². The van der Waals surface area contributed by atoms with Crippen molar-refractivity contribution < 1.29 is 34.2 Å². The van der Waals surface area contributed by atoms with Crippen molar-refractivity contribution in [3.63, 3.8) is 0 Å². The van der Waals surface area contributed by atoms with Crippen LogP contribution in [0.2, 0.25) is 0 Å². The Kier molecular flexibility index (Phi) is 22.7. The zero-order valence-electron chi connectivity index (χ0n) is 26.2. The molecule has 0 rings (SSSR count). The zero-order valence-corrected chi connectivity index (χ0v) is 26.2. The Hall–Kier alpha value is -1.89. The maximum absolute atomic E-state index is 12.6. The molecule has 3 atom stereocenters. The highest BCUT2D eigenvalue weighted by Gasteiger charge is 2.56. The summed E-state index contributed by atoms with van der Waals surface area (Å²) in [7, 11) is 0. The second-order valence-electron chi connectivity index (χ2n) is 11.6. The number of unbranched alkanes of at least 4 members (excludes halogenated alkanes) is 12. The average molecular weight is 569 g/mol. The van der Waals surface area contributed by atoms with Gasteiger partial charge in [0.05, 0.1) is 6.54 Å². The van der Waals surface area contributed by atoms with Crippen LogP contribution in [-0.4, -0.2) is 62.4 Å². The van der Waals surface area contributed by atoms with Crippen molar-refractivity contribution in [2.24, 2.45) is 0 Å². The summed E-state index contributed by atoms with van der Waals surface area (Å²) in [6.07, 6.45) is 23.3. The van der Waals surface area contributed by atoms with E-state index in [9.17, 15) is 29.7 Å². The molecular weight excluding hydrogens is 506 g/mol. The molecule has 0 fully saturated rings. The van der Waals surface area contributed by atoms with E-state index in [0.717, 1.165) is 19.3 Å². The fraction of sp³-hybridized carbons (Fsp3) is 0.848. The van der Waals surface area contributed by atoms with Crippen molar-refractivity contribution in [3.05, 3.63) is 12.2 Å². The third-order valence-electron chi connectivity index (χ3n) is 8.34. The van der Waals surface area contributed by atoms with Crippen LogP contribution in [-0.2, 0) is 14.4 Å². The molecule has 3 unspecified atom stereocenters. The molecule has 0 amide bonds. The highest BCUT2D eigenvalue weighted by Crippen LogP contribution is 2.34. The number of hydrogen-bond acceptors (Lipinski definition) is 3. The van der Waals surface area contributed by atoms with Crippen LogP contribution in [0.3, 0.4) is 0 Å². The Morgan fingerprint density at radius 1 is 0.500 bits per heavy atom. The molecule has 0 bridgehead atoms. The Morgan fingerprint density at radius 3 is 1.15 bits per heavy atom. The van der Waals surface area contributed by atoms with Crippen LogP contribution in [0.1, 0.15) is 156 Å². The van der Waals surface area contributed by atoms with Crippen molar-refractivity contribution in [3.8, 4) is 0 Å². The number of nitrogens with zero attached hydrogens (tertiary/aromatic N) is 1. The van der Waals surface area contributed by atoms with Gasteiger partial charge in [-0.2, -0.15) is 0 Å². The molecule has 0 aliphatic heterocycles. The molecule has 0 saturated carbocycles. The quantitative estimate of drug-likeness (QED) is 0.0495. The van der Waals surface area contributed by atoms with E-state index >= 15 is 0 Å². The topological polar surface area (TPSA) is 112 Å². The van der Waals surface area contributed by atoms with Crippen LogP contribution in [0.25, 0.3) is 0 Å². The predicted octanol–water partition coefficient (Wildman–Crippen LogP) is 8.60. The Balaban J connectivity index is 5.18. The summed E-state index contributed by atoms with van der Waals surface area (Å²) in [6, 6.07) is -3.17. The fourth-order valence-corrected chi connectivity index (χ4v) is 6.28. The number of allylic oxidation sites excluding steroid dienone is 2. The van der Waals surface area contributed by atoms with Gasteiger partial charge in [-0.3, -0.25) is 4.48 Å². The van der Waals surface area contributed by atoms with Crippen LogP contribution in [0.5, 0.6) is 0 Å². The summed E-state index contributed by atoms with van der Waals surface area (Å²) in [5.41, 5.74) is 0. The number of carbonyl (C=O) groups is 3. The number of carboxylic acid groups (broad SMARTS) is 3. The van der Waals surface area contributed by atoms with Gasteiger partial charge < -0.3 is 15.3 Å². The van der Waals surface area contributed by atoms with Gasteiger partial charge in [0.1, 0.15) is 0 Å². The Labute approximate surface area is 245 Å². The van der Waals surface area contributed by atoms with Crippen LogP contribution in [0, 0.1) is 0 Å². The molecule has 40 heavy (non-hydrogen) atoms. The van der Waals surface area contributed by atoms with Gasteiger partial charge in [-0.15, -0.1) is 0 Å². The van der Waals surface area contributed by atoms with E-state index in [1.165, 1.54) is 64.2 Å². The largest absolute Gasteiger partial charge is 0.477 e. The number of rotatable bonds is 28. The standard InChI is InChI=1S/C33H61NO6/c1-5-9-10-11-12-13-14-15-16-17-18-19-20-21-22-23-27-34(28(24-6-2)31(35)36,29(25-7-3)32(37)38)30(26-8-4)33(39)40/h19-20,28-30H,5-18,21-27H2,1-4H3,(H2-,35,36,37,38,39,40)/p+1/b20-19+. The Bertz CT molecular complexity index is 647. The minimum Gasteiger partial charge on any atom is -0.477 e. The van der Waals surface area contributed by atoms with Gasteiger partial charge >= 0.3 is 17.9 Å². The SMILES string of the molecule is CCCCCCCCCCCC/C=C/CCCC[N+](C(CCC)C(=O)O)(C(CCC)C(=O)O)C(CCC)C(=O)O. The molecule has 0 radical (unpaired) electrons. The molecule has 0 aliphatic carbocycles. The van der Waals surface area contributed by atoms with Crippen LogP contribution in [0.4, 0.5) is 0 Å². The molecule has 0 aromatic rings. The first-order valence-electron chi connectivity index (χ1n) is 16.4. The predicted molar refractivity (Wildman–Crippen MR) is 164 cm³/mol. The summed E-state index contributed by atoms with van der Waals surface area (Å²) >= 11 is 0. The van der Waals surface area contributed by atoms with E-state index in [1.54, 1.807) is 0 Å². The van der Waals surface area contributed by atoms with Gasteiger partial charge in [0.15, 0.2) is 18.1 Å². The van der Waals surface area contributed by atoms with Crippen LogP contribution < -0.4 is 0 Å². The summed E-state index contributed by atoms with van der Waals surface area (Å²) in [5.74, 6) is -3.28. The van der Waals surface area contributed by atoms with Gasteiger partial charge in [0.2, 0.25) is 0 Å². The molecule has 0 saturated heterocycles. The van der Waals surface area contributed by atoms with Gasteiger partial charge in [-0.05, 0) is 51.4 Å². The Morgan fingerprint density at radius 2 is 0.825 bits per heavy atom. The van der Waals surface area contributed by atoms with Crippen molar-refractivity contribution >= 4 is 17.9 Å².